The normalized spacial score (nSPS) is 28.5. The molecule has 144 valence electrons. The van der Waals surface area contributed by atoms with E-state index in [2.05, 4.69) is 15.0 Å². The molecule has 1 aliphatic heterocycles. The van der Waals surface area contributed by atoms with Crippen molar-refractivity contribution < 1.29 is 28.2 Å². The van der Waals surface area contributed by atoms with E-state index in [1.54, 1.807) is 4.57 Å². The Morgan fingerprint density at radius 3 is 2.69 bits per heavy atom. The van der Waals surface area contributed by atoms with E-state index in [1.165, 1.54) is 20.5 Å². The van der Waals surface area contributed by atoms with Crippen LogP contribution in [-0.4, -0.2) is 70.2 Å². The lowest BCUT2D eigenvalue weighted by Gasteiger charge is -2.24. The summed E-state index contributed by atoms with van der Waals surface area (Å²) in [5.74, 6) is 0.117. The first kappa shape index (κ1) is 19.0. The van der Waals surface area contributed by atoms with Crippen molar-refractivity contribution in [1.82, 2.24) is 19.5 Å². The van der Waals surface area contributed by atoms with Crippen LogP contribution in [0, 0.1) is 0 Å². The first-order chi connectivity index (χ1) is 12.2. The highest BCUT2D eigenvalue weighted by Gasteiger charge is 2.49. The smallest absolute Gasteiger partial charge is 0.325 e. The van der Waals surface area contributed by atoms with Crippen LogP contribution in [0.25, 0.3) is 11.2 Å². The van der Waals surface area contributed by atoms with Crippen molar-refractivity contribution in [3.05, 3.63) is 6.33 Å². The van der Waals surface area contributed by atoms with Crippen molar-refractivity contribution in [2.24, 2.45) is 0 Å². The maximum absolute atomic E-state index is 11.8. The van der Waals surface area contributed by atoms with Gasteiger partial charge < -0.3 is 30.6 Å². The van der Waals surface area contributed by atoms with E-state index in [1.807, 2.05) is 0 Å². The van der Waals surface area contributed by atoms with E-state index in [4.69, 9.17) is 30.2 Å². The van der Waals surface area contributed by atoms with Gasteiger partial charge in [-0.2, -0.15) is 9.97 Å². The second kappa shape index (κ2) is 7.06. The number of aromatic nitrogens is 4. The highest BCUT2D eigenvalue weighted by Crippen LogP contribution is 2.45. The Bertz CT molecular complexity index is 840. The molecule has 3 rings (SSSR count). The van der Waals surface area contributed by atoms with Gasteiger partial charge in [0.15, 0.2) is 17.7 Å². The van der Waals surface area contributed by atoms with Gasteiger partial charge in [0.25, 0.3) is 0 Å². The fourth-order valence-electron chi connectivity index (χ4n) is 2.98. The zero-order chi connectivity index (χ0) is 19.1. The molecular formula is C13H21N6O6P. The number of methoxy groups -OCH3 is 2. The van der Waals surface area contributed by atoms with Crippen molar-refractivity contribution in [2.45, 2.75) is 24.5 Å². The fraction of sp³-hybridized carbons (Fsp3) is 0.615. The van der Waals surface area contributed by atoms with Crippen LogP contribution in [0.2, 0.25) is 0 Å². The third-order valence-corrected chi connectivity index (χ3v) is 4.58. The Labute approximate surface area is 148 Å². The molecular weight excluding hydrogens is 367 g/mol. The molecule has 5 atom stereocenters. The lowest BCUT2D eigenvalue weighted by atomic mass is 10.1. The summed E-state index contributed by atoms with van der Waals surface area (Å²) < 4.78 is 35.3. The molecule has 0 amide bonds. The van der Waals surface area contributed by atoms with Crippen molar-refractivity contribution in [3.63, 3.8) is 0 Å². The van der Waals surface area contributed by atoms with Gasteiger partial charge in [0.2, 0.25) is 5.95 Å². The summed E-state index contributed by atoms with van der Waals surface area (Å²) in [5, 5.41) is 0. The summed E-state index contributed by atoms with van der Waals surface area (Å²) in [4.78, 5) is 21.9. The number of nitrogens with zero attached hydrogens (tertiary/aromatic N) is 4. The molecule has 26 heavy (non-hydrogen) atoms. The number of hydrogen-bond acceptors (Lipinski definition) is 10. The molecule has 1 fully saturated rings. The molecule has 2 aromatic heterocycles. The number of nitrogens with two attached hydrogens (primary N) is 2. The number of ether oxygens (including phenoxy) is 3. The monoisotopic (exact) mass is 388 g/mol. The van der Waals surface area contributed by atoms with Gasteiger partial charge in [0.05, 0.1) is 12.9 Å². The van der Waals surface area contributed by atoms with Crippen molar-refractivity contribution in [2.75, 3.05) is 39.0 Å². The summed E-state index contributed by atoms with van der Waals surface area (Å²) in [6.45, 7) is 1.23. The first-order valence-corrected chi connectivity index (χ1v) is 9.69. The van der Waals surface area contributed by atoms with Gasteiger partial charge in [0.1, 0.15) is 23.8 Å². The number of nitrogen functional groups attached to an aromatic ring is 2. The number of imidazole rings is 1. The van der Waals surface area contributed by atoms with Gasteiger partial charge in [-0.25, -0.2) is 4.98 Å². The summed E-state index contributed by atoms with van der Waals surface area (Å²) in [6.07, 6.45) is -1.52. The number of hydrogen-bond donors (Lipinski definition) is 3. The fourth-order valence-corrected chi connectivity index (χ4v) is 3.68. The summed E-state index contributed by atoms with van der Waals surface area (Å²) in [5.41, 5.74) is 12.2. The second-order valence-electron chi connectivity index (χ2n) is 5.88. The highest BCUT2D eigenvalue weighted by atomic mass is 31.2. The van der Waals surface area contributed by atoms with Crippen LogP contribution in [0.4, 0.5) is 11.8 Å². The third-order valence-electron chi connectivity index (χ3n) is 3.95. The molecule has 0 aliphatic carbocycles. The van der Waals surface area contributed by atoms with Crippen LogP contribution in [0.1, 0.15) is 6.23 Å². The molecule has 1 unspecified atom stereocenters. The van der Waals surface area contributed by atoms with Crippen LogP contribution < -0.4 is 11.5 Å². The van der Waals surface area contributed by atoms with Crippen LogP contribution >= 0.6 is 7.60 Å². The van der Waals surface area contributed by atoms with Crippen molar-refractivity contribution >= 4 is 30.5 Å². The van der Waals surface area contributed by atoms with Gasteiger partial charge in [-0.1, -0.05) is 0 Å². The molecule has 1 aliphatic rings. The second-order valence-corrected chi connectivity index (χ2v) is 7.70. The Hall–Kier alpha value is -1.82. The number of rotatable bonds is 6. The van der Waals surface area contributed by atoms with E-state index >= 15 is 0 Å². The maximum atomic E-state index is 11.8. The molecule has 1 saturated heterocycles. The summed E-state index contributed by atoms with van der Waals surface area (Å²) in [7, 11) is -0.866. The molecule has 0 bridgehead atoms. The first-order valence-electron chi connectivity index (χ1n) is 7.66. The molecule has 3 heterocycles. The predicted molar refractivity (Wildman–Crippen MR) is 91.4 cm³/mol. The molecule has 0 spiro atoms. The molecule has 0 aromatic carbocycles. The molecule has 5 N–H and O–H groups in total. The van der Waals surface area contributed by atoms with Crippen LogP contribution in [0.3, 0.4) is 0 Å². The molecule has 12 nitrogen and oxygen atoms in total. The number of anilines is 2. The SMILES string of the molecule is COC[C@H]1O[C@@H](n2cnc3c(N)nc(N)nc32)[C@@H](OC)[C@H]1OP(C)(=O)O. The van der Waals surface area contributed by atoms with Gasteiger partial charge in [-0.15, -0.1) is 0 Å². The summed E-state index contributed by atoms with van der Waals surface area (Å²) >= 11 is 0. The maximum Gasteiger partial charge on any atom is 0.325 e. The topological polar surface area (TPSA) is 170 Å². The van der Waals surface area contributed by atoms with E-state index in [0.717, 1.165) is 6.66 Å². The van der Waals surface area contributed by atoms with E-state index in [-0.39, 0.29) is 18.4 Å². The quantitative estimate of drug-likeness (QED) is 0.557. The standard InChI is InChI=1S/C13H21N6O6P/c1-22-4-6-8(25-26(3,20)21)9(23-2)12(24-6)19-5-16-7-10(14)17-13(15)18-11(7)19/h5-6,8-9,12H,4H2,1-3H3,(H,20,21)(H4,14,15,17,18)/t6-,8+,9+,12-/m1/s1. The summed E-state index contributed by atoms with van der Waals surface area (Å²) in [6, 6.07) is 0. The molecule has 0 radical (unpaired) electrons. The minimum atomic E-state index is -3.80. The Kier molecular flexibility index (Phi) is 5.15. The average molecular weight is 388 g/mol. The zero-order valence-corrected chi connectivity index (χ0v) is 15.4. The van der Waals surface area contributed by atoms with Gasteiger partial charge in [-0.3, -0.25) is 13.7 Å². The zero-order valence-electron chi connectivity index (χ0n) is 14.5. The Morgan fingerprint density at radius 2 is 2.08 bits per heavy atom. The van der Waals surface area contributed by atoms with Crippen LogP contribution in [0.5, 0.6) is 0 Å². The van der Waals surface area contributed by atoms with E-state index < -0.39 is 32.1 Å². The average Bonchev–Trinajstić information content (AvgIpc) is 3.08. The predicted octanol–water partition coefficient (Wildman–Crippen LogP) is -0.250. The minimum absolute atomic E-state index is 0.0154. The van der Waals surface area contributed by atoms with Crippen LogP contribution in [-0.2, 0) is 23.3 Å². The van der Waals surface area contributed by atoms with Gasteiger partial charge in [-0.05, 0) is 0 Å². The Morgan fingerprint density at radius 1 is 1.35 bits per heavy atom. The lowest BCUT2D eigenvalue weighted by molar-refractivity contribution is -0.0629. The Balaban J connectivity index is 2.03. The van der Waals surface area contributed by atoms with Gasteiger partial charge >= 0.3 is 7.60 Å². The van der Waals surface area contributed by atoms with E-state index in [0.29, 0.717) is 11.2 Å². The largest absolute Gasteiger partial charge is 0.382 e. The minimum Gasteiger partial charge on any atom is -0.382 e. The lowest BCUT2D eigenvalue weighted by Crippen LogP contribution is -2.37. The van der Waals surface area contributed by atoms with Gasteiger partial charge in [0, 0.05) is 20.9 Å². The van der Waals surface area contributed by atoms with Crippen LogP contribution in [0.15, 0.2) is 6.33 Å². The molecule has 0 saturated carbocycles. The third kappa shape index (κ3) is 3.52. The van der Waals surface area contributed by atoms with E-state index in [9.17, 15) is 9.46 Å². The number of fused-ring (bicyclic) bond motifs is 1. The van der Waals surface area contributed by atoms with Crippen molar-refractivity contribution in [3.8, 4) is 0 Å². The van der Waals surface area contributed by atoms with Crippen molar-refractivity contribution in [1.29, 1.82) is 0 Å². The molecule has 13 heteroatoms. The highest BCUT2D eigenvalue weighted by molar-refractivity contribution is 7.51. The molecule has 2 aromatic rings.